The van der Waals surface area contributed by atoms with Gasteiger partial charge in [-0.3, -0.25) is 0 Å². The van der Waals surface area contributed by atoms with E-state index in [4.69, 9.17) is 4.74 Å². The van der Waals surface area contributed by atoms with E-state index < -0.39 is 46.6 Å². The van der Waals surface area contributed by atoms with E-state index in [0.29, 0.717) is 18.2 Å². The minimum absolute atomic E-state index is 0. The maximum absolute atomic E-state index is 13.2. The number of amides is 1. The Morgan fingerprint density at radius 3 is 2.21 bits per heavy atom. The van der Waals surface area contributed by atoms with Gasteiger partial charge in [-0.15, -0.1) is 12.4 Å². The Bertz CT molecular complexity index is 627. The number of benzene rings is 1. The van der Waals surface area contributed by atoms with E-state index in [1.807, 2.05) is 0 Å². The van der Waals surface area contributed by atoms with Gasteiger partial charge in [-0.25, -0.2) is 4.79 Å². The second kappa shape index (κ2) is 6.34. The van der Waals surface area contributed by atoms with Crippen molar-refractivity contribution in [2.24, 2.45) is 5.41 Å². The van der Waals surface area contributed by atoms with Crippen LogP contribution in [-0.2, 0) is 17.1 Å². The monoisotopic (exact) mass is 377 g/mol. The molecule has 10 heteroatoms. The molecule has 0 aromatic heterocycles. The number of nitrogens with one attached hydrogen (secondary N) is 1. The zero-order valence-corrected chi connectivity index (χ0v) is 13.3. The third kappa shape index (κ3) is 4.06. The number of alkyl halides is 6. The molecule has 1 aliphatic heterocycles. The van der Waals surface area contributed by atoms with Crippen LogP contribution < -0.4 is 5.32 Å². The number of carbonyl (C=O) groups is 1. The van der Waals surface area contributed by atoms with Crippen LogP contribution in [0.2, 0.25) is 0 Å². The summed E-state index contributed by atoms with van der Waals surface area (Å²) >= 11 is 0. The molecular weight excluding hydrogens is 364 g/mol. The molecule has 1 aromatic carbocycles. The number of carbonyl (C=O) groups excluding carboxylic acids is 1. The van der Waals surface area contributed by atoms with E-state index >= 15 is 0 Å². The molecule has 2 rings (SSSR count). The number of alkyl carbamates (subject to hydrolysis) is 1. The molecule has 1 heterocycles. The summed E-state index contributed by atoms with van der Waals surface area (Å²) in [6.07, 6.45) is -10.6. The molecule has 1 atom stereocenters. The number of ether oxygens (including phenoxy) is 1. The second-order valence-electron chi connectivity index (χ2n) is 5.94. The number of hydrogen-bond acceptors (Lipinski definition) is 2. The van der Waals surface area contributed by atoms with Crippen molar-refractivity contribution in [3.63, 3.8) is 0 Å². The van der Waals surface area contributed by atoms with Crippen LogP contribution in [0, 0.1) is 5.41 Å². The lowest BCUT2D eigenvalue weighted by Gasteiger charge is -2.39. The maximum atomic E-state index is 13.2. The fourth-order valence-electron chi connectivity index (χ4n) is 2.42. The zero-order valence-electron chi connectivity index (χ0n) is 12.5. The lowest BCUT2D eigenvalue weighted by atomic mass is 9.78. The van der Waals surface area contributed by atoms with Gasteiger partial charge < -0.3 is 10.1 Å². The van der Waals surface area contributed by atoms with E-state index in [2.05, 4.69) is 5.32 Å². The summed E-state index contributed by atoms with van der Waals surface area (Å²) in [5.74, 6) is 0. The summed E-state index contributed by atoms with van der Waals surface area (Å²) in [5, 5.41) is 2.19. The first-order chi connectivity index (χ1) is 10.3. The maximum Gasteiger partial charge on any atom is 0.416 e. The number of hydrogen-bond donors (Lipinski definition) is 1. The Morgan fingerprint density at radius 2 is 1.71 bits per heavy atom. The fraction of sp³-hybridized carbons (Fsp3) is 0.500. The zero-order chi connectivity index (χ0) is 17.6. The lowest BCUT2D eigenvalue weighted by Crippen LogP contribution is -2.47. The molecule has 0 aliphatic carbocycles. The van der Waals surface area contributed by atoms with E-state index in [1.165, 1.54) is 13.8 Å². The molecule has 1 aliphatic rings. The highest BCUT2D eigenvalue weighted by Crippen LogP contribution is 2.44. The largest absolute Gasteiger partial charge is 0.449 e. The van der Waals surface area contributed by atoms with Gasteiger partial charge in [0.05, 0.1) is 17.2 Å². The average molecular weight is 378 g/mol. The van der Waals surface area contributed by atoms with Crippen LogP contribution in [0.5, 0.6) is 0 Å². The van der Waals surface area contributed by atoms with Gasteiger partial charge in [0.15, 0.2) is 0 Å². The molecule has 0 unspecified atom stereocenters. The molecule has 0 spiro atoms. The smallest absolute Gasteiger partial charge is 0.416 e. The minimum Gasteiger partial charge on any atom is -0.449 e. The van der Waals surface area contributed by atoms with Crippen LogP contribution in [0.4, 0.5) is 31.1 Å². The Balaban J connectivity index is 0.00000288. The number of halogens is 7. The normalized spacial score (nSPS) is 20.7. The number of cyclic esters (lactones) is 1. The average Bonchev–Trinajstić information content (AvgIpc) is 2.39. The van der Waals surface area contributed by atoms with Crippen molar-refractivity contribution in [1.29, 1.82) is 0 Å². The molecule has 3 nitrogen and oxygen atoms in total. The van der Waals surface area contributed by atoms with Gasteiger partial charge in [0.25, 0.3) is 0 Å². The summed E-state index contributed by atoms with van der Waals surface area (Å²) in [5.41, 5.74) is -4.07. The van der Waals surface area contributed by atoms with E-state index in [-0.39, 0.29) is 19.0 Å². The quantitative estimate of drug-likeness (QED) is 0.703. The predicted molar refractivity (Wildman–Crippen MR) is 74.7 cm³/mol. The van der Waals surface area contributed by atoms with Crippen LogP contribution >= 0.6 is 12.4 Å². The Kier molecular flexibility index (Phi) is 5.39. The molecule has 1 amide bonds. The highest BCUT2D eigenvalue weighted by molar-refractivity contribution is 5.85. The first-order valence-electron chi connectivity index (χ1n) is 6.54. The molecular formula is C14H14ClF6NO2. The molecule has 0 bridgehead atoms. The van der Waals surface area contributed by atoms with Gasteiger partial charge >= 0.3 is 18.4 Å². The van der Waals surface area contributed by atoms with Crippen molar-refractivity contribution in [2.45, 2.75) is 32.2 Å². The van der Waals surface area contributed by atoms with Crippen LogP contribution in [0.15, 0.2) is 18.2 Å². The first kappa shape index (κ1) is 20.4. The minimum atomic E-state index is -4.85. The summed E-state index contributed by atoms with van der Waals surface area (Å²) in [6, 6.07) is -0.0698. The van der Waals surface area contributed by atoms with Crippen LogP contribution in [0.1, 0.15) is 36.6 Å². The first-order valence-corrected chi connectivity index (χ1v) is 6.54. The van der Waals surface area contributed by atoms with E-state index in [9.17, 15) is 31.1 Å². The Hall–Kier alpha value is -1.64. The lowest BCUT2D eigenvalue weighted by molar-refractivity contribution is -0.142. The molecule has 1 saturated heterocycles. The van der Waals surface area contributed by atoms with Crippen LogP contribution in [0.3, 0.4) is 0 Å². The summed E-state index contributed by atoms with van der Waals surface area (Å²) in [4.78, 5) is 11.3. The van der Waals surface area contributed by atoms with Gasteiger partial charge in [-0.2, -0.15) is 26.3 Å². The Labute approximate surface area is 139 Å². The topological polar surface area (TPSA) is 38.3 Å². The van der Waals surface area contributed by atoms with Crippen molar-refractivity contribution in [2.75, 3.05) is 6.61 Å². The summed E-state index contributed by atoms with van der Waals surface area (Å²) in [6.45, 7) is 2.78. The summed E-state index contributed by atoms with van der Waals surface area (Å²) < 4.78 is 82.7. The van der Waals surface area contributed by atoms with Gasteiger partial charge in [-0.1, -0.05) is 13.8 Å². The van der Waals surface area contributed by atoms with Crippen molar-refractivity contribution < 1.29 is 35.9 Å². The van der Waals surface area contributed by atoms with Gasteiger partial charge in [0.1, 0.15) is 6.61 Å². The second-order valence-corrected chi connectivity index (χ2v) is 5.94. The van der Waals surface area contributed by atoms with Gasteiger partial charge in [-0.05, 0) is 23.8 Å². The highest BCUT2D eigenvalue weighted by Gasteiger charge is 2.44. The molecule has 0 radical (unpaired) electrons. The Morgan fingerprint density at radius 1 is 1.12 bits per heavy atom. The highest BCUT2D eigenvalue weighted by atomic mass is 35.5. The van der Waals surface area contributed by atoms with E-state index in [0.717, 1.165) is 0 Å². The van der Waals surface area contributed by atoms with Crippen molar-refractivity contribution in [1.82, 2.24) is 5.32 Å². The fourth-order valence-corrected chi connectivity index (χ4v) is 2.42. The predicted octanol–water partition coefficient (Wildman–Crippen LogP) is 4.95. The number of rotatable bonds is 1. The van der Waals surface area contributed by atoms with Crippen molar-refractivity contribution >= 4 is 18.5 Å². The van der Waals surface area contributed by atoms with Crippen molar-refractivity contribution in [3.8, 4) is 0 Å². The van der Waals surface area contributed by atoms with Gasteiger partial charge in [0.2, 0.25) is 0 Å². The van der Waals surface area contributed by atoms with Crippen LogP contribution in [-0.4, -0.2) is 12.7 Å². The molecule has 0 saturated carbocycles. The molecule has 1 N–H and O–H groups in total. The van der Waals surface area contributed by atoms with Crippen molar-refractivity contribution in [3.05, 3.63) is 34.9 Å². The summed E-state index contributed by atoms with van der Waals surface area (Å²) in [7, 11) is 0. The standard InChI is InChI=1S/C14H13F6NO2.ClH/c1-12(2)6-23-11(22)21-10(12)8-5-7(13(15,16)17)3-4-9(8)14(18,19)20;/h3-5,10H,6H2,1-2H3,(H,21,22);1H/t10-;/m0./s1. The third-order valence-corrected chi connectivity index (χ3v) is 3.61. The molecule has 24 heavy (non-hydrogen) atoms. The van der Waals surface area contributed by atoms with Crippen LogP contribution in [0.25, 0.3) is 0 Å². The third-order valence-electron chi connectivity index (χ3n) is 3.61. The molecule has 1 aromatic rings. The van der Waals surface area contributed by atoms with Gasteiger partial charge in [0, 0.05) is 5.41 Å². The molecule has 1 fully saturated rings. The SMILES string of the molecule is CC1(C)COC(=O)N[C@H]1c1cc(C(F)(F)F)ccc1C(F)(F)F.Cl. The van der Waals surface area contributed by atoms with E-state index in [1.54, 1.807) is 0 Å². The molecule has 136 valence electrons.